The van der Waals surface area contributed by atoms with Crippen molar-refractivity contribution in [1.82, 2.24) is 9.97 Å². The fourth-order valence-electron chi connectivity index (χ4n) is 2.31. The number of methoxy groups -OCH3 is 1. The third kappa shape index (κ3) is 3.22. The highest BCUT2D eigenvalue weighted by atomic mass is 16.5. The number of hydrogen-bond donors (Lipinski definition) is 3. The molecule has 1 fully saturated rings. The molecule has 1 aromatic rings. The molecule has 0 bridgehead atoms. The van der Waals surface area contributed by atoms with Crippen molar-refractivity contribution in [2.75, 3.05) is 30.0 Å². The van der Waals surface area contributed by atoms with Crippen LogP contribution < -0.4 is 16.4 Å². The minimum Gasteiger partial charge on any atom is -0.381 e. The van der Waals surface area contributed by atoms with Crippen LogP contribution in [0.5, 0.6) is 0 Å². The van der Waals surface area contributed by atoms with Crippen LogP contribution in [0.4, 0.5) is 17.6 Å². The van der Waals surface area contributed by atoms with Gasteiger partial charge in [-0.1, -0.05) is 0 Å². The third-order valence-electron chi connectivity index (χ3n) is 3.17. The zero-order valence-corrected chi connectivity index (χ0v) is 10.9. The van der Waals surface area contributed by atoms with Gasteiger partial charge in [-0.2, -0.15) is 9.97 Å². The van der Waals surface area contributed by atoms with Crippen LogP contribution >= 0.6 is 0 Å². The zero-order valence-electron chi connectivity index (χ0n) is 10.9. The minimum atomic E-state index is 0.289. The summed E-state index contributed by atoms with van der Waals surface area (Å²) in [5.41, 5.74) is 5.69. The lowest BCUT2D eigenvalue weighted by Crippen LogP contribution is -2.19. The second kappa shape index (κ2) is 5.86. The number of aromatic nitrogens is 2. The zero-order chi connectivity index (χ0) is 13.0. The van der Waals surface area contributed by atoms with Crippen molar-refractivity contribution in [2.45, 2.75) is 38.3 Å². The Labute approximate surface area is 107 Å². The van der Waals surface area contributed by atoms with Crippen molar-refractivity contribution in [3.63, 3.8) is 0 Å². The van der Waals surface area contributed by atoms with E-state index < -0.39 is 0 Å². The Morgan fingerprint density at radius 3 is 2.83 bits per heavy atom. The van der Waals surface area contributed by atoms with Gasteiger partial charge in [0.1, 0.15) is 11.6 Å². The maximum atomic E-state index is 5.69. The lowest BCUT2D eigenvalue weighted by molar-refractivity contribution is 0.108. The molecule has 6 heteroatoms. The number of nitrogen functional groups attached to an aromatic ring is 1. The molecule has 0 radical (unpaired) electrons. The molecule has 2 atom stereocenters. The van der Waals surface area contributed by atoms with Crippen molar-refractivity contribution >= 4 is 17.6 Å². The van der Waals surface area contributed by atoms with E-state index in [1.807, 2.05) is 13.0 Å². The molecule has 100 valence electrons. The summed E-state index contributed by atoms with van der Waals surface area (Å²) in [5.74, 6) is 1.83. The van der Waals surface area contributed by atoms with E-state index in [4.69, 9.17) is 10.5 Å². The van der Waals surface area contributed by atoms with Crippen molar-refractivity contribution in [1.29, 1.82) is 0 Å². The van der Waals surface area contributed by atoms with E-state index in [0.717, 1.165) is 37.4 Å². The van der Waals surface area contributed by atoms with E-state index in [1.165, 1.54) is 0 Å². The molecule has 1 aliphatic carbocycles. The number of nitrogens with two attached hydrogens (primary N) is 1. The van der Waals surface area contributed by atoms with Gasteiger partial charge < -0.3 is 21.1 Å². The van der Waals surface area contributed by atoms with E-state index in [-0.39, 0.29) is 5.95 Å². The summed E-state index contributed by atoms with van der Waals surface area (Å²) in [6.07, 6.45) is 3.56. The number of hydrogen-bond acceptors (Lipinski definition) is 6. The van der Waals surface area contributed by atoms with Gasteiger partial charge in [0, 0.05) is 25.8 Å². The molecule has 0 spiro atoms. The second-order valence-corrected chi connectivity index (χ2v) is 4.54. The fraction of sp³-hybridized carbons (Fsp3) is 0.667. The standard InChI is InChI=1S/C12H21N5O/c1-3-14-10-7-11(17-12(13)16-10)15-8-4-5-9(6-8)18-2/h7-9H,3-6H2,1-2H3,(H4,13,14,15,16,17). The molecule has 1 aromatic heterocycles. The maximum Gasteiger partial charge on any atom is 0.223 e. The first-order valence-electron chi connectivity index (χ1n) is 6.39. The summed E-state index contributed by atoms with van der Waals surface area (Å²) in [4.78, 5) is 8.33. The first kappa shape index (κ1) is 12.9. The Kier molecular flexibility index (Phi) is 4.19. The van der Waals surface area contributed by atoms with Gasteiger partial charge in [-0.05, 0) is 26.2 Å². The molecule has 1 saturated carbocycles. The lowest BCUT2D eigenvalue weighted by Gasteiger charge is -2.14. The first-order valence-corrected chi connectivity index (χ1v) is 6.39. The molecule has 0 saturated heterocycles. The Hall–Kier alpha value is -1.56. The molecule has 18 heavy (non-hydrogen) atoms. The van der Waals surface area contributed by atoms with E-state index in [1.54, 1.807) is 7.11 Å². The summed E-state index contributed by atoms with van der Waals surface area (Å²) in [7, 11) is 1.76. The molecule has 1 aliphatic rings. The van der Waals surface area contributed by atoms with E-state index in [0.29, 0.717) is 12.1 Å². The lowest BCUT2D eigenvalue weighted by atomic mass is 10.2. The van der Waals surface area contributed by atoms with Gasteiger partial charge in [-0.15, -0.1) is 0 Å². The largest absolute Gasteiger partial charge is 0.381 e. The van der Waals surface area contributed by atoms with E-state index in [9.17, 15) is 0 Å². The van der Waals surface area contributed by atoms with Gasteiger partial charge in [0.2, 0.25) is 5.95 Å². The van der Waals surface area contributed by atoms with Gasteiger partial charge >= 0.3 is 0 Å². The molecule has 0 aliphatic heterocycles. The molecule has 0 amide bonds. The minimum absolute atomic E-state index is 0.289. The van der Waals surface area contributed by atoms with Crippen LogP contribution in [-0.2, 0) is 4.74 Å². The van der Waals surface area contributed by atoms with Crippen molar-refractivity contribution in [3.8, 4) is 0 Å². The second-order valence-electron chi connectivity index (χ2n) is 4.54. The molecular formula is C12H21N5O. The van der Waals surface area contributed by atoms with Gasteiger partial charge in [0.25, 0.3) is 0 Å². The molecule has 1 heterocycles. The SMILES string of the molecule is CCNc1cc(NC2CCC(OC)C2)nc(N)n1. The van der Waals surface area contributed by atoms with Gasteiger partial charge in [-0.3, -0.25) is 0 Å². The molecular weight excluding hydrogens is 230 g/mol. The predicted molar refractivity (Wildman–Crippen MR) is 72.7 cm³/mol. The quantitative estimate of drug-likeness (QED) is 0.735. The highest BCUT2D eigenvalue weighted by molar-refractivity contribution is 5.51. The normalized spacial score (nSPS) is 23.0. The average molecular weight is 251 g/mol. The molecule has 0 aromatic carbocycles. The van der Waals surface area contributed by atoms with Crippen molar-refractivity contribution < 1.29 is 4.74 Å². The van der Waals surface area contributed by atoms with Crippen LogP contribution in [0.25, 0.3) is 0 Å². The Bertz CT molecular complexity index is 398. The summed E-state index contributed by atoms with van der Waals surface area (Å²) in [6.45, 7) is 2.83. The van der Waals surface area contributed by atoms with Gasteiger partial charge in [-0.25, -0.2) is 0 Å². The van der Waals surface area contributed by atoms with Crippen LogP contribution in [0.2, 0.25) is 0 Å². The molecule has 6 nitrogen and oxygen atoms in total. The van der Waals surface area contributed by atoms with Gasteiger partial charge in [0.05, 0.1) is 6.10 Å². The van der Waals surface area contributed by atoms with Crippen LogP contribution in [0.3, 0.4) is 0 Å². The fourth-order valence-corrected chi connectivity index (χ4v) is 2.31. The topological polar surface area (TPSA) is 85.1 Å². The molecule has 2 unspecified atom stereocenters. The Morgan fingerprint density at radius 1 is 1.39 bits per heavy atom. The summed E-state index contributed by atoms with van der Waals surface area (Å²) in [6, 6.07) is 2.29. The van der Waals surface area contributed by atoms with Crippen molar-refractivity contribution in [2.24, 2.45) is 0 Å². The van der Waals surface area contributed by atoms with E-state index >= 15 is 0 Å². The van der Waals surface area contributed by atoms with E-state index in [2.05, 4.69) is 20.6 Å². The van der Waals surface area contributed by atoms with Crippen LogP contribution in [-0.4, -0.2) is 35.8 Å². The maximum absolute atomic E-state index is 5.69. The Balaban J connectivity index is 2.00. The number of nitrogens with one attached hydrogen (secondary N) is 2. The van der Waals surface area contributed by atoms with Crippen LogP contribution in [0.1, 0.15) is 26.2 Å². The number of rotatable bonds is 5. The predicted octanol–water partition coefficient (Wildman–Crippen LogP) is 1.47. The molecule has 2 rings (SSSR count). The molecule has 4 N–H and O–H groups in total. The number of nitrogens with zero attached hydrogens (tertiary/aromatic N) is 2. The average Bonchev–Trinajstić information content (AvgIpc) is 2.76. The number of anilines is 3. The monoisotopic (exact) mass is 251 g/mol. The number of ether oxygens (including phenoxy) is 1. The summed E-state index contributed by atoms with van der Waals surface area (Å²) < 4.78 is 5.36. The first-order chi connectivity index (χ1) is 8.71. The highest BCUT2D eigenvalue weighted by Crippen LogP contribution is 2.25. The smallest absolute Gasteiger partial charge is 0.223 e. The Morgan fingerprint density at radius 2 is 2.17 bits per heavy atom. The van der Waals surface area contributed by atoms with Gasteiger partial charge in [0.15, 0.2) is 0 Å². The van der Waals surface area contributed by atoms with Crippen molar-refractivity contribution in [3.05, 3.63) is 6.07 Å². The summed E-state index contributed by atoms with van der Waals surface area (Å²) >= 11 is 0. The summed E-state index contributed by atoms with van der Waals surface area (Å²) in [5, 5.41) is 6.53. The third-order valence-corrected chi connectivity index (χ3v) is 3.17. The highest BCUT2D eigenvalue weighted by Gasteiger charge is 2.24. The van der Waals surface area contributed by atoms with Crippen LogP contribution in [0, 0.1) is 0 Å². The van der Waals surface area contributed by atoms with Crippen LogP contribution in [0.15, 0.2) is 6.07 Å².